The highest BCUT2D eigenvalue weighted by Gasteiger charge is 2.23. The number of carbonyl (C=O) groups is 1. The molecule has 2 saturated heterocycles. The maximum absolute atomic E-state index is 12.2. The molecule has 1 aromatic rings. The van der Waals surface area contributed by atoms with E-state index < -0.39 is 0 Å². The van der Waals surface area contributed by atoms with Crippen LogP contribution >= 0.6 is 0 Å². The molecule has 4 nitrogen and oxygen atoms in total. The maximum atomic E-state index is 12.2. The van der Waals surface area contributed by atoms with Crippen LogP contribution in [-0.2, 0) is 0 Å². The Balaban J connectivity index is 1.42. The zero-order valence-corrected chi connectivity index (χ0v) is 14.0. The summed E-state index contributed by atoms with van der Waals surface area (Å²) in [6.07, 6.45) is 5.12. The molecule has 1 atom stereocenters. The number of likely N-dealkylation sites (tertiary alicyclic amines) is 1. The van der Waals surface area contributed by atoms with Gasteiger partial charge in [0.1, 0.15) is 0 Å². The van der Waals surface area contributed by atoms with Crippen molar-refractivity contribution in [2.24, 2.45) is 11.8 Å². The van der Waals surface area contributed by atoms with E-state index in [1.807, 2.05) is 30.3 Å². The number of carbonyl (C=O) groups excluding carboxylic acids is 1. The van der Waals surface area contributed by atoms with Gasteiger partial charge in [0, 0.05) is 25.2 Å². The maximum Gasteiger partial charge on any atom is 0.251 e. The molecule has 126 valence electrons. The monoisotopic (exact) mass is 315 g/mol. The van der Waals surface area contributed by atoms with Crippen LogP contribution in [0.15, 0.2) is 30.3 Å². The van der Waals surface area contributed by atoms with Crippen LogP contribution in [0.4, 0.5) is 0 Å². The molecule has 1 aromatic carbocycles. The average Bonchev–Trinajstić information content (AvgIpc) is 2.62. The van der Waals surface area contributed by atoms with Crippen LogP contribution < -0.4 is 10.6 Å². The Morgan fingerprint density at radius 3 is 2.70 bits per heavy atom. The van der Waals surface area contributed by atoms with Crippen molar-refractivity contribution >= 4 is 5.91 Å². The summed E-state index contributed by atoms with van der Waals surface area (Å²) in [5.74, 6) is 1.51. The fourth-order valence-corrected chi connectivity index (χ4v) is 3.84. The minimum absolute atomic E-state index is 0.0566. The smallest absolute Gasteiger partial charge is 0.251 e. The van der Waals surface area contributed by atoms with Crippen molar-refractivity contribution in [1.29, 1.82) is 0 Å². The number of hydrogen-bond acceptors (Lipinski definition) is 3. The van der Waals surface area contributed by atoms with Crippen LogP contribution in [0.3, 0.4) is 0 Å². The lowest BCUT2D eigenvalue weighted by atomic mass is 9.93. The van der Waals surface area contributed by atoms with Gasteiger partial charge in [-0.1, -0.05) is 18.2 Å². The van der Waals surface area contributed by atoms with Gasteiger partial charge in [-0.2, -0.15) is 0 Å². The molecule has 2 aliphatic heterocycles. The lowest BCUT2D eigenvalue weighted by Crippen LogP contribution is -2.44. The summed E-state index contributed by atoms with van der Waals surface area (Å²) in [7, 11) is 0. The van der Waals surface area contributed by atoms with E-state index in [9.17, 15) is 4.79 Å². The number of rotatable bonds is 5. The van der Waals surface area contributed by atoms with E-state index in [-0.39, 0.29) is 5.91 Å². The highest BCUT2D eigenvalue weighted by atomic mass is 16.1. The molecule has 0 spiro atoms. The predicted molar refractivity (Wildman–Crippen MR) is 93.5 cm³/mol. The molecule has 2 heterocycles. The van der Waals surface area contributed by atoms with E-state index in [1.54, 1.807) is 0 Å². The second-order valence-electron chi connectivity index (χ2n) is 7.04. The second kappa shape index (κ2) is 8.46. The lowest BCUT2D eigenvalue weighted by Gasteiger charge is -2.36. The molecule has 2 fully saturated rings. The highest BCUT2D eigenvalue weighted by molar-refractivity contribution is 5.94. The summed E-state index contributed by atoms with van der Waals surface area (Å²) in [4.78, 5) is 14.8. The van der Waals surface area contributed by atoms with E-state index in [0.717, 1.165) is 24.6 Å². The number of piperidine rings is 2. The number of nitrogens with zero attached hydrogens (tertiary/aromatic N) is 1. The molecule has 3 rings (SSSR count). The van der Waals surface area contributed by atoms with Crippen LogP contribution in [-0.4, -0.2) is 50.1 Å². The van der Waals surface area contributed by atoms with E-state index in [1.165, 1.54) is 51.9 Å². The summed E-state index contributed by atoms with van der Waals surface area (Å²) in [6, 6.07) is 9.52. The summed E-state index contributed by atoms with van der Waals surface area (Å²) >= 11 is 0. The first-order valence-corrected chi connectivity index (χ1v) is 9.07. The van der Waals surface area contributed by atoms with Crippen LogP contribution in [0.5, 0.6) is 0 Å². The van der Waals surface area contributed by atoms with Crippen LogP contribution in [0, 0.1) is 11.8 Å². The molecule has 0 saturated carbocycles. The van der Waals surface area contributed by atoms with E-state index in [4.69, 9.17) is 0 Å². The largest absolute Gasteiger partial charge is 0.352 e. The van der Waals surface area contributed by atoms with Crippen molar-refractivity contribution in [2.45, 2.75) is 25.7 Å². The summed E-state index contributed by atoms with van der Waals surface area (Å²) < 4.78 is 0. The van der Waals surface area contributed by atoms with Gasteiger partial charge in [0.15, 0.2) is 0 Å². The fourth-order valence-electron chi connectivity index (χ4n) is 3.84. The van der Waals surface area contributed by atoms with Gasteiger partial charge in [-0.3, -0.25) is 4.79 Å². The third kappa shape index (κ3) is 5.05. The van der Waals surface area contributed by atoms with Crippen molar-refractivity contribution < 1.29 is 4.79 Å². The van der Waals surface area contributed by atoms with Gasteiger partial charge in [0.2, 0.25) is 0 Å². The van der Waals surface area contributed by atoms with Crippen molar-refractivity contribution in [3.05, 3.63) is 35.9 Å². The quantitative estimate of drug-likeness (QED) is 0.875. The number of amides is 1. The molecule has 2 N–H and O–H groups in total. The summed E-state index contributed by atoms with van der Waals surface area (Å²) in [5.41, 5.74) is 0.759. The van der Waals surface area contributed by atoms with Crippen molar-refractivity contribution in [1.82, 2.24) is 15.5 Å². The SMILES string of the molecule is O=C(NCC1CCCN(CC2CCNCC2)C1)c1ccccc1. The Kier molecular flexibility index (Phi) is 6.06. The van der Waals surface area contributed by atoms with Gasteiger partial charge in [0.05, 0.1) is 0 Å². The van der Waals surface area contributed by atoms with Crippen molar-refractivity contribution in [3.8, 4) is 0 Å². The van der Waals surface area contributed by atoms with Gasteiger partial charge in [-0.05, 0) is 69.3 Å². The highest BCUT2D eigenvalue weighted by Crippen LogP contribution is 2.20. The average molecular weight is 315 g/mol. The number of nitrogens with one attached hydrogen (secondary N) is 2. The summed E-state index contributed by atoms with van der Waals surface area (Å²) in [5, 5.41) is 6.56. The predicted octanol–water partition coefficient (Wildman–Crippen LogP) is 2.13. The molecule has 0 aliphatic carbocycles. The molecular weight excluding hydrogens is 286 g/mol. The Morgan fingerprint density at radius 1 is 1.13 bits per heavy atom. The molecule has 1 unspecified atom stereocenters. The van der Waals surface area contributed by atoms with Crippen LogP contribution in [0.2, 0.25) is 0 Å². The fraction of sp³-hybridized carbons (Fsp3) is 0.632. The number of hydrogen-bond donors (Lipinski definition) is 2. The van der Waals surface area contributed by atoms with Gasteiger partial charge in [-0.25, -0.2) is 0 Å². The van der Waals surface area contributed by atoms with Crippen LogP contribution in [0.1, 0.15) is 36.0 Å². The molecule has 0 aromatic heterocycles. The van der Waals surface area contributed by atoms with E-state index in [0.29, 0.717) is 5.92 Å². The minimum atomic E-state index is 0.0566. The Labute approximate surface area is 139 Å². The first kappa shape index (κ1) is 16.5. The molecule has 23 heavy (non-hydrogen) atoms. The molecule has 1 amide bonds. The third-order valence-corrected chi connectivity index (χ3v) is 5.17. The zero-order chi connectivity index (χ0) is 15.9. The molecule has 4 heteroatoms. The topological polar surface area (TPSA) is 44.4 Å². The molecule has 0 radical (unpaired) electrons. The second-order valence-corrected chi connectivity index (χ2v) is 7.04. The van der Waals surface area contributed by atoms with Crippen LogP contribution in [0.25, 0.3) is 0 Å². The summed E-state index contributed by atoms with van der Waals surface area (Å²) in [6.45, 7) is 6.76. The van der Waals surface area contributed by atoms with Gasteiger partial charge in [-0.15, -0.1) is 0 Å². The van der Waals surface area contributed by atoms with E-state index >= 15 is 0 Å². The third-order valence-electron chi connectivity index (χ3n) is 5.17. The molecule has 2 aliphatic rings. The zero-order valence-electron chi connectivity index (χ0n) is 14.0. The Hall–Kier alpha value is -1.39. The van der Waals surface area contributed by atoms with E-state index in [2.05, 4.69) is 15.5 Å². The first-order valence-electron chi connectivity index (χ1n) is 9.07. The van der Waals surface area contributed by atoms with Gasteiger partial charge < -0.3 is 15.5 Å². The minimum Gasteiger partial charge on any atom is -0.352 e. The normalized spacial score (nSPS) is 23.6. The standard InChI is InChI=1S/C19H29N3O/c23-19(18-6-2-1-3-7-18)21-13-17-5-4-12-22(15-17)14-16-8-10-20-11-9-16/h1-3,6-7,16-17,20H,4-5,8-15H2,(H,21,23). The van der Waals surface area contributed by atoms with Crippen molar-refractivity contribution in [2.75, 3.05) is 39.3 Å². The molecule has 0 bridgehead atoms. The van der Waals surface area contributed by atoms with Gasteiger partial charge >= 0.3 is 0 Å². The Morgan fingerprint density at radius 2 is 1.91 bits per heavy atom. The lowest BCUT2D eigenvalue weighted by molar-refractivity contribution is 0.0924. The van der Waals surface area contributed by atoms with Crippen molar-refractivity contribution in [3.63, 3.8) is 0 Å². The first-order chi connectivity index (χ1) is 11.3. The molecular formula is C19H29N3O. The Bertz CT molecular complexity index is 485. The van der Waals surface area contributed by atoms with Gasteiger partial charge in [0.25, 0.3) is 5.91 Å². The number of benzene rings is 1.